The number of hydrogen-bond acceptors (Lipinski definition) is 6. The minimum Gasteiger partial charge on any atom is -0.322 e. The molecule has 0 atom stereocenters. The molecule has 0 spiro atoms. The van der Waals surface area contributed by atoms with Gasteiger partial charge in [0.2, 0.25) is 0 Å². The van der Waals surface area contributed by atoms with Crippen LogP contribution in [0.25, 0.3) is 22.6 Å². The Hall–Kier alpha value is -4.09. The Morgan fingerprint density at radius 1 is 1.03 bits per heavy atom. The number of halogens is 3. The van der Waals surface area contributed by atoms with E-state index in [2.05, 4.69) is 9.97 Å². The minimum atomic E-state index is -4.60. The molecular formula is C22H18F3N5O4. The first kappa shape index (κ1) is 23.1. The Kier molecular flexibility index (Phi) is 5.67. The van der Waals surface area contributed by atoms with Crippen molar-refractivity contribution in [2.75, 3.05) is 0 Å². The van der Waals surface area contributed by atoms with Gasteiger partial charge in [0.1, 0.15) is 0 Å². The zero-order valence-corrected chi connectivity index (χ0v) is 18.0. The lowest BCUT2D eigenvalue weighted by molar-refractivity contribution is -0.384. The molecule has 2 aliphatic rings. The van der Waals surface area contributed by atoms with Crippen molar-refractivity contribution >= 4 is 16.7 Å². The summed E-state index contributed by atoms with van der Waals surface area (Å²) in [5.74, 6) is 0.0106. The van der Waals surface area contributed by atoms with E-state index in [0.717, 1.165) is 16.7 Å². The van der Waals surface area contributed by atoms with E-state index >= 15 is 0 Å². The van der Waals surface area contributed by atoms with E-state index in [1.165, 1.54) is 34.9 Å². The number of aromatic nitrogens is 4. The number of nitrogens with zero attached hydrogens (tertiary/aromatic N) is 5. The lowest BCUT2D eigenvalue weighted by Gasteiger charge is -2.20. The Morgan fingerprint density at radius 2 is 1.71 bits per heavy atom. The maximum Gasteiger partial charge on any atom is 0.416 e. The van der Waals surface area contributed by atoms with Gasteiger partial charge in [-0.25, -0.2) is 9.78 Å². The van der Waals surface area contributed by atoms with Crippen molar-refractivity contribution in [1.82, 2.24) is 19.1 Å². The lowest BCUT2D eigenvalue weighted by Crippen LogP contribution is -2.39. The molecule has 4 rings (SSSR count). The van der Waals surface area contributed by atoms with E-state index in [1.807, 2.05) is 13.8 Å². The van der Waals surface area contributed by atoms with Crippen LogP contribution in [-0.2, 0) is 19.3 Å². The molecular weight excluding hydrogens is 455 g/mol. The molecule has 0 N–H and O–H groups in total. The van der Waals surface area contributed by atoms with Gasteiger partial charge >= 0.3 is 11.9 Å². The van der Waals surface area contributed by atoms with Gasteiger partial charge in [0.15, 0.2) is 11.5 Å². The molecule has 0 saturated carbocycles. The van der Waals surface area contributed by atoms with E-state index in [0.29, 0.717) is 17.6 Å². The Morgan fingerprint density at radius 3 is 2.29 bits per heavy atom. The molecule has 2 aromatic carbocycles. The van der Waals surface area contributed by atoms with Crippen molar-refractivity contribution in [3.8, 4) is 11.5 Å². The summed E-state index contributed by atoms with van der Waals surface area (Å²) < 4.78 is 42.1. The number of fused-ring (bicyclic) bond motifs is 2. The topological polar surface area (TPSA) is 113 Å². The van der Waals surface area contributed by atoms with Gasteiger partial charge < -0.3 is 4.57 Å². The average Bonchev–Trinajstić information content (AvgIpc) is 2.76. The fraction of sp³-hybridized carbons (Fsp3) is 0.273. The zero-order chi connectivity index (χ0) is 24.8. The molecule has 0 aromatic heterocycles. The largest absolute Gasteiger partial charge is 0.416 e. The van der Waals surface area contributed by atoms with Crippen molar-refractivity contribution in [2.24, 2.45) is 5.92 Å². The summed E-state index contributed by atoms with van der Waals surface area (Å²) in [5, 5.41) is 10.8. The molecule has 2 aliphatic heterocycles. The number of hydrogen-bond donors (Lipinski definition) is 0. The van der Waals surface area contributed by atoms with Crippen LogP contribution >= 0.6 is 0 Å². The number of alkyl halides is 3. The molecule has 0 amide bonds. The average molecular weight is 473 g/mol. The fourth-order valence-corrected chi connectivity index (χ4v) is 3.65. The van der Waals surface area contributed by atoms with Crippen LogP contribution in [0.4, 0.5) is 18.9 Å². The molecule has 0 fully saturated rings. The third kappa shape index (κ3) is 4.26. The first-order valence-corrected chi connectivity index (χ1v) is 10.2. The van der Waals surface area contributed by atoms with E-state index in [9.17, 15) is 32.9 Å². The van der Waals surface area contributed by atoms with E-state index in [1.54, 1.807) is 0 Å². The van der Waals surface area contributed by atoms with Gasteiger partial charge in [0, 0.05) is 18.7 Å². The smallest absolute Gasteiger partial charge is 0.322 e. The van der Waals surface area contributed by atoms with Crippen molar-refractivity contribution in [2.45, 2.75) is 33.1 Å². The van der Waals surface area contributed by atoms with Crippen LogP contribution in [0.3, 0.4) is 0 Å². The number of rotatable bonds is 5. The highest BCUT2D eigenvalue weighted by Crippen LogP contribution is 2.32. The summed E-state index contributed by atoms with van der Waals surface area (Å²) >= 11 is 0. The van der Waals surface area contributed by atoms with Gasteiger partial charge in [0.25, 0.3) is 11.2 Å². The first-order chi connectivity index (χ1) is 16.0. The second-order valence-corrected chi connectivity index (χ2v) is 8.20. The van der Waals surface area contributed by atoms with E-state index in [4.69, 9.17) is 0 Å². The Bertz CT molecular complexity index is 1490. The van der Waals surface area contributed by atoms with Gasteiger partial charge in [-0.1, -0.05) is 26.0 Å². The van der Waals surface area contributed by atoms with E-state index in [-0.39, 0.29) is 35.2 Å². The van der Waals surface area contributed by atoms with Crippen molar-refractivity contribution < 1.29 is 18.1 Å². The van der Waals surface area contributed by atoms with Gasteiger partial charge in [-0.05, 0) is 29.7 Å². The van der Waals surface area contributed by atoms with Crippen LogP contribution < -0.4 is 11.2 Å². The van der Waals surface area contributed by atoms with Crippen molar-refractivity contribution in [1.29, 1.82) is 0 Å². The Labute approximate surface area is 189 Å². The van der Waals surface area contributed by atoms with Crippen LogP contribution in [0.15, 0.2) is 52.1 Å². The Balaban J connectivity index is 1.94. The van der Waals surface area contributed by atoms with Crippen molar-refractivity contribution in [3.05, 3.63) is 84.5 Å². The van der Waals surface area contributed by atoms with Gasteiger partial charge in [-0.3, -0.25) is 19.5 Å². The number of nitro groups is 1. The molecule has 9 nitrogen and oxygen atoms in total. The third-order valence-electron chi connectivity index (χ3n) is 5.21. The second-order valence-electron chi connectivity index (χ2n) is 8.20. The molecule has 12 heteroatoms. The zero-order valence-electron chi connectivity index (χ0n) is 18.0. The molecule has 0 bridgehead atoms. The highest BCUT2D eigenvalue weighted by molar-refractivity contribution is 5.80. The van der Waals surface area contributed by atoms with Gasteiger partial charge in [0.05, 0.1) is 28.1 Å². The summed E-state index contributed by atoms with van der Waals surface area (Å²) in [6.45, 7) is 3.82. The predicted octanol–water partition coefficient (Wildman–Crippen LogP) is 3.69. The molecule has 0 unspecified atom stereocenters. The fourth-order valence-electron chi connectivity index (χ4n) is 3.65. The molecule has 176 valence electrons. The summed E-state index contributed by atoms with van der Waals surface area (Å²) in [6, 6.07) is 8.30. The molecule has 2 heterocycles. The minimum absolute atomic E-state index is 0.0177. The molecule has 0 radical (unpaired) electrons. The normalized spacial score (nSPS) is 12.1. The van der Waals surface area contributed by atoms with Crippen molar-refractivity contribution in [3.63, 3.8) is 0 Å². The van der Waals surface area contributed by atoms with E-state index < -0.39 is 27.9 Å². The third-order valence-corrected chi connectivity index (χ3v) is 5.21. The van der Waals surface area contributed by atoms with Crippen LogP contribution in [0.1, 0.15) is 25.0 Å². The summed E-state index contributed by atoms with van der Waals surface area (Å²) in [7, 11) is 0. The van der Waals surface area contributed by atoms with Crippen LogP contribution in [-0.4, -0.2) is 24.0 Å². The SMILES string of the molecule is CC(C)Cn1c2nc(=O)n(Cc3ccc([N+](=O)[O-])cc3)c(=O)c-2nc2cc(C(F)(F)F)ccc21. The molecule has 34 heavy (non-hydrogen) atoms. The standard InChI is InChI=1S/C22H18F3N5O4/c1-12(2)10-28-17-8-5-14(22(23,24)25)9-16(17)26-18-19(28)27-21(32)29(20(18)31)11-13-3-6-15(7-4-13)30(33)34/h3-9,12H,10-11H2,1-2H3. The van der Waals surface area contributed by atoms with Crippen LogP contribution in [0, 0.1) is 16.0 Å². The highest BCUT2D eigenvalue weighted by Gasteiger charge is 2.31. The van der Waals surface area contributed by atoms with Crippen LogP contribution in [0.5, 0.6) is 0 Å². The maximum absolute atomic E-state index is 13.3. The highest BCUT2D eigenvalue weighted by atomic mass is 19.4. The summed E-state index contributed by atoms with van der Waals surface area (Å²) in [6.07, 6.45) is -4.60. The number of benzene rings is 2. The first-order valence-electron chi connectivity index (χ1n) is 10.2. The van der Waals surface area contributed by atoms with Gasteiger partial charge in [-0.2, -0.15) is 18.2 Å². The molecule has 0 aliphatic carbocycles. The lowest BCUT2D eigenvalue weighted by atomic mass is 10.1. The maximum atomic E-state index is 13.3. The van der Waals surface area contributed by atoms with Crippen LogP contribution in [0.2, 0.25) is 0 Å². The molecule has 0 saturated heterocycles. The number of non-ortho nitro benzene ring substituents is 1. The summed E-state index contributed by atoms with van der Waals surface area (Å²) in [5.41, 5.74) is -2.29. The number of nitro benzene ring substituents is 1. The predicted molar refractivity (Wildman–Crippen MR) is 117 cm³/mol. The van der Waals surface area contributed by atoms with Gasteiger partial charge in [-0.15, -0.1) is 0 Å². The monoisotopic (exact) mass is 473 g/mol. The second kappa shape index (κ2) is 8.36. The summed E-state index contributed by atoms with van der Waals surface area (Å²) in [4.78, 5) is 44.4. The molecule has 2 aromatic rings. The quantitative estimate of drug-likeness (QED) is 0.248.